The van der Waals surface area contributed by atoms with Crippen molar-refractivity contribution >= 4 is 41.0 Å². The van der Waals surface area contributed by atoms with Gasteiger partial charge in [0.15, 0.2) is 11.5 Å². The topological polar surface area (TPSA) is 113 Å². The predicted molar refractivity (Wildman–Crippen MR) is 201 cm³/mol. The number of carbonyl (C=O) groups excluding carboxylic acids is 1. The molecule has 4 fully saturated rings. The minimum absolute atomic E-state index is 0.0431. The van der Waals surface area contributed by atoms with Crippen molar-refractivity contribution in [3.05, 3.63) is 117 Å². The Morgan fingerprint density at radius 3 is 2.30 bits per heavy atom. The van der Waals surface area contributed by atoms with Gasteiger partial charge in [-0.1, -0.05) is 53.5 Å². The maximum atomic E-state index is 15.6. The Kier molecular flexibility index (Phi) is 12.1. The lowest BCUT2D eigenvalue weighted by Gasteiger charge is -2.44. The van der Waals surface area contributed by atoms with E-state index in [2.05, 4.69) is 4.90 Å². The lowest BCUT2D eigenvalue weighted by Crippen LogP contribution is -2.53. The van der Waals surface area contributed by atoms with Crippen LogP contribution in [-0.4, -0.2) is 65.7 Å². The number of para-hydroxylation sites is 1. The highest BCUT2D eigenvalue weighted by Gasteiger charge is 2.38. The van der Waals surface area contributed by atoms with E-state index in [1.165, 1.54) is 65.8 Å². The van der Waals surface area contributed by atoms with E-state index in [9.17, 15) is 28.7 Å². The maximum absolute atomic E-state index is 15.6. The summed E-state index contributed by atoms with van der Waals surface area (Å²) in [6.45, 7) is -1.05. The lowest BCUT2D eigenvalue weighted by molar-refractivity contribution is -0.904. The highest BCUT2D eigenvalue weighted by molar-refractivity contribution is 6.35. The predicted octanol–water partition coefficient (Wildman–Crippen LogP) is 8.89. The van der Waals surface area contributed by atoms with Crippen LogP contribution < -0.4 is 19.1 Å². The van der Waals surface area contributed by atoms with E-state index in [0.717, 1.165) is 38.8 Å². The molecule has 4 aliphatic rings. The fraction of sp³-hybridized carbons (Fsp3) is 0.390. The van der Waals surface area contributed by atoms with Crippen molar-refractivity contribution in [2.24, 2.45) is 5.92 Å². The zero-order valence-electron chi connectivity index (χ0n) is 30.3. The van der Waals surface area contributed by atoms with Gasteiger partial charge in [-0.2, -0.15) is 8.78 Å². The fourth-order valence-electron chi connectivity index (χ4n) is 8.21. The zero-order valence-corrected chi connectivity index (χ0v) is 31.8. The Morgan fingerprint density at radius 1 is 0.946 bits per heavy atom. The first-order valence-corrected chi connectivity index (χ1v) is 19.3. The van der Waals surface area contributed by atoms with Crippen LogP contribution >= 0.6 is 23.2 Å². The molecule has 3 saturated heterocycles. The van der Waals surface area contributed by atoms with Crippen LogP contribution in [0.15, 0.2) is 73.1 Å². The number of aromatic nitrogens is 1. The molecule has 1 aliphatic carbocycles. The second kappa shape index (κ2) is 17.2. The van der Waals surface area contributed by atoms with Crippen molar-refractivity contribution < 1.29 is 52.0 Å². The number of piperidine rings is 3. The molecule has 3 aromatic carbocycles. The summed E-state index contributed by atoms with van der Waals surface area (Å²) in [4.78, 5) is 30.7. The summed E-state index contributed by atoms with van der Waals surface area (Å²) in [7, 11) is 0. The molecule has 0 spiro atoms. The molecule has 0 radical (unpaired) electrons. The van der Waals surface area contributed by atoms with E-state index in [0.29, 0.717) is 40.8 Å². The van der Waals surface area contributed by atoms with Crippen LogP contribution in [0.2, 0.25) is 10.0 Å². The van der Waals surface area contributed by atoms with Gasteiger partial charge in [-0.15, -0.1) is 0 Å². The third kappa shape index (κ3) is 8.80. The number of hydrogen-bond donors (Lipinski definition) is 2. The highest BCUT2D eigenvalue weighted by Crippen LogP contribution is 2.42. The zero-order chi connectivity index (χ0) is 39.5. The van der Waals surface area contributed by atoms with Crippen molar-refractivity contribution in [3.8, 4) is 11.5 Å². The van der Waals surface area contributed by atoms with Crippen molar-refractivity contribution in [1.82, 2.24) is 4.90 Å². The van der Waals surface area contributed by atoms with E-state index in [1.54, 1.807) is 12.1 Å². The third-order valence-electron chi connectivity index (χ3n) is 11.0. The summed E-state index contributed by atoms with van der Waals surface area (Å²) in [6, 6.07) is 14.8. The van der Waals surface area contributed by atoms with Gasteiger partial charge >= 0.3 is 18.7 Å². The number of amides is 1. The average molecular weight is 816 g/mol. The van der Waals surface area contributed by atoms with Crippen LogP contribution in [0.1, 0.15) is 77.1 Å². The van der Waals surface area contributed by atoms with Gasteiger partial charge in [-0.25, -0.2) is 14.0 Å². The van der Waals surface area contributed by atoms with Gasteiger partial charge < -0.3 is 19.3 Å². The van der Waals surface area contributed by atoms with Crippen LogP contribution in [0.25, 0.3) is 0 Å². The summed E-state index contributed by atoms with van der Waals surface area (Å²) in [6.07, 6.45) is 5.94. The number of fused-ring (bicyclic) bond motifs is 3. The van der Waals surface area contributed by atoms with Crippen molar-refractivity contribution in [3.63, 3.8) is 0 Å². The molecule has 10 nitrogen and oxygen atoms in total. The van der Waals surface area contributed by atoms with E-state index < -0.39 is 36.5 Å². The third-order valence-corrected chi connectivity index (χ3v) is 11.6. The summed E-state index contributed by atoms with van der Waals surface area (Å²) in [5, 5.41) is 21.0. The Hall–Kier alpha value is -4.72. The highest BCUT2D eigenvalue weighted by atomic mass is 35.5. The molecular weight excluding hydrogens is 774 g/mol. The standard InChI is InChI=1S/C41H40Cl2F3N3O7/c42-31-21-48(53)22-32(43)30(31)19-29(25-12-13-35(55-40(45)46)36(18-25)54-27-7-1-2-8-27)38-26(6-5-9-28(38)39(50)51)20-49(34-11-4-3-10-33(34)44)41(52)56-37-23-47-16-14-24(37)15-17-47/h3-6,9-13,18,21-22,24,27,29,37,40H,1-2,7-8,14-17,19-20,23H2,(H-,50,51,53)/p+1/t29-,37-/m0/s1. The molecular formula is C41H41Cl2F3N3O7+. The quantitative estimate of drug-likeness (QED) is 0.102. The van der Waals surface area contributed by atoms with Gasteiger partial charge in [0.25, 0.3) is 0 Å². The van der Waals surface area contributed by atoms with Gasteiger partial charge in [0.1, 0.15) is 22.0 Å². The summed E-state index contributed by atoms with van der Waals surface area (Å²) in [5.41, 5.74) is 1.11. The minimum Gasteiger partial charge on any atom is -0.487 e. The molecule has 3 aliphatic heterocycles. The number of nitrogens with zero attached hydrogens (tertiary/aromatic N) is 3. The van der Waals surface area contributed by atoms with E-state index in [4.69, 9.17) is 37.4 Å². The first kappa shape index (κ1) is 39.5. The maximum Gasteiger partial charge on any atom is 0.415 e. The van der Waals surface area contributed by atoms with Crippen molar-refractivity contribution in [2.45, 2.75) is 76.2 Å². The van der Waals surface area contributed by atoms with Crippen LogP contribution in [0.3, 0.4) is 0 Å². The molecule has 2 N–H and O–H groups in total. The number of anilines is 1. The Balaban J connectivity index is 1.36. The fourth-order valence-corrected chi connectivity index (χ4v) is 8.82. The van der Waals surface area contributed by atoms with Gasteiger partial charge in [0.05, 0.1) is 23.9 Å². The molecule has 4 heterocycles. The lowest BCUT2D eigenvalue weighted by atomic mass is 9.80. The van der Waals surface area contributed by atoms with E-state index in [-0.39, 0.29) is 63.3 Å². The van der Waals surface area contributed by atoms with Gasteiger partial charge in [0, 0.05) is 22.8 Å². The van der Waals surface area contributed by atoms with E-state index in [1.807, 2.05) is 0 Å². The molecule has 1 amide bonds. The number of aromatic carboxylic acids is 1. The number of pyridine rings is 1. The molecule has 296 valence electrons. The smallest absolute Gasteiger partial charge is 0.415 e. The van der Waals surface area contributed by atoms with Crippen LogP contribution in [0.5, 0.6) is 11.5 Å². The summed E-state index contributed by atoms with van der Waals surface area (Å²) >= 11 is 13.3. The number of carbonyl (C=O) groups is 2. The molecule has 2 atom stereocenters. The molecule has 2 bridgehead atoms. The second-order valence-electron chi connectivity index (χ2n) is 14.5. The average Bonchev–Trinajstić information content (AvgIpc) is 3.68. The molecule has 8 rings (SSSR count). The van der Waals surface area contributed by atoms with Gasteiger partial charge in [-0.05, 0) is 111 Å². The monoisotopic (exact) mass is 814 g/mol. The number of hydrogen-bond acceptors (Lipinski definition) is 7. The number of alkyl halides is 2. The number of halogens is 5. The van der Waals surface area contributed by atoms with Crippen LogP contribution in [-0.2, 0) is 17.7 Å². The van der Waals surface area contributed by atoms with Gasteiger partial charge in [0.2, 0.25) is 12.4 Å². The first-order chi connectivity index (χ1) is 26.9. The minimum atomic E-state index is -3.14. The van der Waals surface area contributed by atoms with Gasteiger partial charge in [-0.3, -0.25) is 15.0 Å². The molecule has 4 aromatic rings. The Labute approximate surface area is 331 Å². The van der Waals surface area contributed by atoms with Crippen molar-refractivity contribution in [1.29, 1.82) is 0 Å². The number of carboxylic acid groups (broad SMARTS) is 1. The number of rotatable bonds is 13. The molecule has 15 heteroatoms. The number of carboxylic acids is 1. The van der Waals surface area contributed by atoms with Crippen molar-refractivity contribution in [2.75, 3.05) is 24.5 Å². The van der Waals surface area contributed by atoms with Crippen LogP contribution in [0, 0.1) is 11.7 Å². The first-order valence-electron chi connectivity index (χ1n) is 18.6. The SMILES string of the molecule is O=C(O)c1cccc(CN(C(=O)O[C@H]2CN3CCC2CC3)c2ccccc2F)c1[C@@H](Cc1c(Cl)c[n+](O)cc1Cl)c1ccc(OC(F)F)c(OC2CCCC2)c1. The Morgan fingerprint density at radius 2 is 1.66 bits per heavy atom. The largest absolute Gasteiger partial charge is 0.487 e. The normalized spacial score (nSPS) is 19.9. The number of benzene rings is 3. The second-order valence-corrected chi connectivity index (χ2v) is 15.3. The molecule has 0 unspecified atom stereocenters. The molecule has 1 aromatic heterocycles. The summed E-state index contributed by atoms with van der Waals surface area (Å²) < 4.78 is 60.8. The van der Waals surface area contributed by atoms with Crippen LogP contribution in [0.4, 0.5) is 23.7 Å². The van der Waals surface area contributed by atoms with E-state index >= 15 is 4.39 Å². The molecule has 1 saturated carbocycles. The Bertz CT molecular complexity index is 2060. The molecule has 56 heavy (non-hydrogen) atoms. The summed E-state index contributed by atoms with van der Waals surface area (Å²) in [5.74, 6) is -2.90. The number of ether oxygens (including phenoxy) is 3.